The van der Waals surface area contributed by atoms with Gasteiger partial charge in [-0.25, -0.2) is 9.78 Å². The van der Waals surface area contributed by atoms with Gasteiger partial charge in [-0.15, -0.1) is 0 Å². The predicted molar refractivity (Wildman–Crippen MR) is 67.1 cm³/mol. The van der Waals surface area contributed by atoms with E-state index in [0.717, 1.165) is 25.7 Å². The molecule has 1 heterocycles. The molecule has 0 bridgehead atoms. The summed E-state index contributed by atoms with van der Waals surface area (Å²) in [5.74, 6) is 0.713. The van der Waals surface area contributed by atoms with Gasteiger partial charge in [0.15, 0.2) is 0 Å². The number of hydrogen-bond acceptors (Lipinski definition) is 3. The second-order valence-corrected chi connectivity index (χ2v) is 4.74. The van der Waals surface area contributed by atoms with Crippen LogP contribution in [0.15, 0.2) is 18.3 Å². The van der Waals surface area contributed by atoms with Crippen LogP contribution in [0.1, 0.15) is 25.7 Å². The lowest BCUT2D eigenvalue weighted by Crippen LogP contribution is -2.38. The summed E-state index contributed by atoms with van der Waals surface area (Å²) in [5, 5.41) is 11.5. The topological polar surface area (TPSA) is 71.5 Å². The maximum atomic E-state index is 10.5. The number of rotatable bonds is 3. The first-order valence-corrected chi connectivity index (χ1v) is 6.29. The summed E-state index contributed by atoms with van der Waals surface area (Å²) in [6.45, 7) is 0. The molecule has 0 aromatic carbocycles. The number of halogens is 1. The van der Waals surface area contributed by atoms with Crippen LogP contribution in [-0.2, 0) is 0 Å². The zero-order valence-corrected chi connectivity index (χ0v) is 10.6. The standard InChI is InChI=1S/C12H15ClN2O3/c13-11-7-10(5-6-14-11)18-9-3-1-8(2-4-9)15-12(16)17/h5-9,15H,1-4H2,(H,16,17). The van der Waals surface area contributed by atoms with Crippen molar-refractivity contribution in [1.29, 1.82) is 0 Å². The molecule has 1 amide bonds. The van der Waals surface area contributed by atoms with Gasteiger partial charge in [-0.1, -0.05) is 11.6 Å². The summed E-state index contributed by atoms with van der Waals surface area (Å²) in [6.07, 6.45) is 4.05. The SMILES string of the molecule is O=C(O)NC1CCC(Oc2ccnc(Cl)c2)CC1. The van der Waals surface area contributed by atoms with Gasteiger partial charge in [0.2, 0.25) is 0 Å². The number of carbonyl (C=O) groups is 1. The third-order valence-electron chi connectivity index (χ3n) is 3.00. The highest BCUT2D eigenvalue weighted by Crippen LogP contribution is 2.24. The van der Waals surface area contributed by atoms with Crippen LogP contribution in [0.4, 0.5) is 4.79 Å². The Morgan fingerprint density at radius 3 is 2.78 bits per heavy atom. The van der Waals surface area contributed by atoms with Gasteiger partial charge in [0, 0.05) is 18.3 Å². The second-order valence-electron chi connectivity index (χ2n) is 4.36. The molecule has 0 radical (unpaired) electrons. The van der Waals surface area contributed by atoms with Crippen LogP contribution in [-0.4, -0.2) is 28.3 Å². The average molecular weight is 271 g/mol. The summed E-state index contributed by atoms with van der Waals surface area (Å²) in [6, 6.07) is 3.50. The summed E-state index contributed by atoms with van der Waals surface area (Å²) in [5.41, 5.74) is 0. The monoisotopic (exact) mass is 270 g/mol. The van der Waals surface area contributed by atoms with E-state index >= 15 is 0 Å². The average Bonchev–Trinajstić information content (AvgIpc) is 2.31. The molecule has 1 saturated carbocycles. The smallest absolute Gasteiger partial charge is 0.404 e. The zero-order chi connectivity index (χ0) is 13.0. The minimum atomic E-state index is -0.958. The molecule has 1 aromatic heterocycles. The molecule has 1 aromatic rings. The van der Waals surface area contributed by atoms with Crippen molar-refractivity contribution in [2.24, 2.45) is 0 Å². The number of carboxylic acid groups (broad SMARTS) is 1. The van der Waals surface area contributed by atoms with Crippen molar-refractivity contribution in [2.75, 3.05) is 0 Å². The van der Waals surface area contributed by atoms with Gasteiger partial charge >= 0.3 is 6.09 Å². The Labute approximate surface area is 110 Å². The molecule has 0 aliphatic heterocycles. The highest BCUT2D eigenvalue weighted by Gasteiger charge is 2.23. The van der Waals surface area contributed by atoms with E-state index in [9.17, 15) is 4.79 Å². The Hall–Kier alpha value is -1.49. The normalized spacial score (nSPS) is 23.4. The van der Waals surface area contributed by atoms with E-state index in [-0.39, 0.29) is 12.1 Å². The van der Waals surface area contributed by atoms with Gasteiger partial charge in [0.1, 0.15) is 10.9 Å². The Balaban J connectivity index is 1.81. The minimum absolute atomic E-state index is 0.0448. The Morgan fingerprint density at radius 2 is 2.17 bits per heavy atom. The van der Waals surface area contributed by atoms with Crippen molar-refractivity contribution in [3.8, 4) is 5.75 Å². The zero-order valence-electron chi connectivity index (χ0n) is 9.80. The van der Waals surface area contributed by atoms with E-state index in [1.165, 1.54) is 0 Å². The van der Waals surface area contributed by atoms with Crippen molar-refractivity contribution >= 4 is 17.7 Å². The van der Waals surface area contributed by atoms with E-state index < -0.39 is 6.09 Å². The summed E-state index contributed by atoms with van der Waals surface area (Å²) in [7, 11) is 0. The largest absolute Gasteiger partial charge is 0.490 e. The van der Waals surface area contributed by atoms with Crippen molar-refractivity contribution < 1.29 is 14.6 Å². The molecule has 0 saturated heterocycles. The molecule has 0 spiro atoms. The lowest BCUT2D eigenvalue weighted by molar-refractivity contribution is 0.134. The van der Waals surface area contributed by atoms with Crippen molar-refractivity contribution in [3.63, 3.8) is 0 Å². The lowest BCUT2D eigenvalue weighted by atomic mass is 9.93. The fourth-order valence-electron chi connectivity index (χ4n) is 2.15. The van der Waals surface area contributed by atoms with Gasteiger partial charge in [0.05, 0.1) is 6.10 Å². The van der Waals surface area contributed by atoms with Crippen LogP contribution in [0.25, 0.3) is 0 Å². The lowest BCUT2D eigenvalue weighted by Gasteiger charge is -2.28. The second kappa shape index (κ2) is 5.91. The van der Waals surface area contributed by atoms with Crippen molar-refractivity contribution in [1.82, 2.24) is 10.3 Å². The number of hydrogen-bond donors (Lipinski definition) is 2. The number of nitrogens with one attached hydrogen (secondary N) is 1. The van der Waals surface area contributed by atoms with E-state index in [0.29, 0.717) is 10.9 Å². The molecular weight excluding hydrogens is 256 g/mol. The third kappa shape index (κ3) is 3.77. The molecule has 18 heavy (non-hydrogen) atoms. The van der Waals surface area contributed by atoms with Crippen molar-refractivity contribution in [2.45, 2.75) is 37.8 Å². The van der Waals surface area contributed by atoms with Crippen molar-refractivity contribution in [3.05, 3.63) is 23.5 Å². The van der Waals surface area contributed by atoms with E-state index in [2.05, 4.69) is 10.3 Å². The van der Waals surface area contributed by atoms with E-state index in [1.807, 2.05) is 0 Å². The van der Waals surface area contributed by atoms with Gasteiger partial charge < -0.3 is 15.2 Å². The fraction of sp³-hybridized carbons (Fsp3) is 0.500. The maximum Gasteiger partial charge on any atom is 0.404 e. The third-order valence-corrected chi connectivity index (χ3v) is 3.21. The summed E-state index contributed by atoms with van der Waals surface area (Å²) < 4.78 is 5.79. The Kier molecular flexibility index (Phi) is 4.25. The molecular formula is C12H15ClN2O3. The summed E-state index contributed by atoms with van der Waals surface area (Å²) >= 11 is 5.78. The van der Waals surface area contributed by atoms with Crippen LogP contribution in [0.3, 0.4) is 0 Å². The molecule has 1 aliphatic rings. The number of ether oxygens (including phenoxy) is 1. The van der Waals surface area contributed by atoms with Crippen LogP contribution in [0, 0.1) is 0 Å². The van der Waals surface area contributed by atoms with Gasteiger partial charge in [0.25, 0.3) is 0 Å². The minimum Gasteiger partial charge on any atom is -0.490 e. The van der Waals surface area contributed by atoms with Gasteiger partial charge in [-0.3, -0.25) is 0 Å². The molecule has 2 N–H and O–H groups in total. The number of amides is 1. The molecule has 98 valence electrons. The quantitative estimate of drug-likeness (QED) is 0.829. The molecule has 0 unspecified atom stereocenters. The van der Waals surface area contributed by atoms with E-state index in [4.69, 9.17) is 21.4 Å². The number of nitrogens with zero attached hydrogens (tertiary/aromatic N) is 1. The first-order chi connectivity index (χ1) is 8.63. The van der Waals surface area contributed by atoms with Gasteiger partial charge in [-0.05, 0) is 31.7 Å². The molecule has 5 nitrogen and oxygen atoms in total. The first-order valence-electron chi connectivity index (χ1n) is 5.91. The van der Waals surface area contributed by atoms with Crippen LogP contribution >= 0.6 is 11.6 Å². The molecule has 2 rings (SSSR count). The highest BCUT2D eigenvalue weighted by molar-refractivity contribution is 6.29. The summed E-state index contributed by atoms with van der Waals surface area (Å²) in [4.78, 5) is 14.4. The maximum absolute atomic E-state index is 10.5. The van der Waals surface area contributed by atoms with Gasteiger partial charge in [-0.2, -0.15) is 0 Å². The highest BCUT2D eigenvalue weighted by atomic mass is 35.5. The molecule has 1 fully saturated rings. The Morgan fingerprint density at radius 1 is 1.44 bits per heavy atom. The van der Waals surface area contributed by atoms with Crippen LogP contribution in [0.2, 0.25) is 5.15 Å². The molecule has 6 heteroatoms. The number of pyridine rings is 1. The van der Waals surface area contributed by atoms with Crippen LogP contribution in [0.5, 0.6) is 5.75 Å². The fourth-order valence-corrected chi connectivity index (χ4v) is 2.31. The van der Waals surface area contributed by atoms with Crippen LogP contribution < -0.4 is 10.1 Å². The van der Waals surface area contributed by atoms with E-state index in [1.54, 1.807) is 18.3 Å². The Bertz CT molecular complexity index is 420. The molecule has 1 aliphatic carbocycles. The first kappa shape index (κ1) is 13.0. The predicted octanol–water partition coefficient (Wildman–Crippen LogP) is 2.69. The number of aromatic nitrogens is 1. The molecule has 0 atom stereocenters.